The predicted octanol–water partition coefficient (Wildman–Crippen LogP) is 0.374. The Morgan fingerprint density at radius 3 is 2.32 bits per heavy atom. The Kier molecular flexibility index (Phi) is 5.20. The molecule has 1 atom stereocenters. The van der Waals surface area contributed by atoms with Crippen LogP contribution in [0.5, 0.6) is 5.75 Å². The molecule has 6 nitrogen and oxygen atoms in total. The van der Waals surface area contributed by atoms with Crippen molar-refractivity contribution in [1.82, 2.24) is 9.58 Å². The van der Waals surface area contributed by atoms with Gasteiger partial charge in [0, 0.05) is 29.0 Å². The summed E-state index contributed by atoms with van der Waals surface area (Å²) in [4.78, 5) is 29.1. The largest absolute Gasteiger partial charge is 0.502 e. The molecule has 0 spiro atoms. The third-order valence-corrected chi connectivity index (χ3v) is 8.20. The molecule has 10 heteroatoms. The zero-order valence-corrected chi connectivity index (χ0v) is 20.9. The molecule has 0 saturated carbocycles. The second-order valence-electron chi connectivity index (χ2n) is 9.81. The lowest BCUT2D eigenvalue weighted by molar-refractivity contribution is 0.0506. The van der Waals surface area contributed by atoms with Crippen LogP contribution in [0.1, 0.15) is 41.0 Å². The highest BCUT2D eigenvalue weighted by Crippen LogP contribution is 2.47. The molecular weight excluding hydrogens is 443 g/mol. The van der Waals surface area contributed by atoms with Crippen molar-refractivity contribution in [1.29, 1.82) is 0 Å². The second kappa shape index (κ2) is 7.77. The van der Waals surface area contributed by atoms with Gasteiger partial charge in [-0.2, -0.15) is 0 Å². The van der Waals surface area contributed by atoms with Crippen molar-refractivity contribution in [2.24, 2.45) is 0 Å². The maximum atomic E-state index is 13.7. The molecule has 5 rings (SSSR count). The van der Waals surface area contributed by atoms with Crippen molar-refractivity contribution in [2.45, 2.75) is 41.4 Å². The number of hydrogen-bond donors (Lipinski definition) is 1. The normalized spacial score (nSPS) is 21.0. The fourth-order valence-electron chi connectivity index (χ4n) is 5.88. The highest BCUT2D eigenvalue weighted by molar-refractivity contribution is 7.98. The summed E-state index contributed by atoms with van der Waals surface area (Å²) in [6, 6.07) is 17.9. The van der Waals surface area contributed by atoms with E-state index in [4.69, 9.17) is 0 Å². The summed E-state index contributed by atoms with van der Waals surface area (Å²) in [6.45, 7) is 3.91. The first-order chi connectivity index (χ1) is 16.1. The maximum absolute atomic E-state index is 13.7. The molecule has 0 bridgehead atoms. The van der Waals surface area contributed by atoms with Crippen LogP contribution >= 0.6 is 11.8 Å². The summed E-state index contributed by atoms with van der Waals surface area (Å²) >= 11 is 1.80. The lowest BCUT2D eigenvalue weighted by atomic mass is 9.58. The minimum absolute atomic E-state index is 0.00591. The van der Waals surface area contributed by atoms with Crippen molar-refractivity contribution < 1.29 is 9.90 Å². The Hall–Kier alpha value is -3.00. The zero-order valence-electron chi connectivity index (χ0n) is 20.1. The van der Waals surface area contributed by atoms with Crippen molar-refractivity contribution in [2.75, 3.05) is 5.01 Å². The van der Waals surface area contributed by atoms with Crippen LogP contribution in [0.3, 0.4) is 0 Å². The fourth-order valence-corrected chi connectivity index (χ4v) is 7.04. The number of thioether (sulfide) groups is 1. The Morgan fingerprint density at radius 1 is 0.971 bits per heavy atom. The van der Waals surface area contributed by atoms with Gasteiger partial charge < -0.3 is 10.0 Å². The lowest BCUT2D eigenvalue weighted by Gasteiger charge is -2.61. The van der Waals surface area contributed by atoms with E-state index in [0.717, 1.165) is 21.8 Å². The molecule has 2 aromatic carbocycles. The van der Waals surface area contributed by atoms with Crippen molar-refractivity contribution in [3.8, 4) is 5.75 Å². The van der Waals surface area contributed by atoms with Crippen LogP contribution in [0.2, 0.25) is 0 Å². The van der Waals surface area contributed by atoms with Crippen LogP contribution in [0, 0.1) is 0 Å². The van der Waals surface area contributed by atoms with Gasteiger partial charge in [-0.05, 0) is 36.6 Å². The molecule has 0 fully saturated rings. The number of benzene rings is 2. The molecule has 2 aliphatic rings. The molecule has 1 aromatic heterocycles. The summed E-state index contributed by atoms with van der Waals surface area (Å²) in [5.41, 5.74) is 1.36. The molecule has 0 saturated heterocycles. The third-order valence-electron chi connectivity index (χ3n) is 7.08. The van der Waals surface area contributed by atoms with Gasteiger partial charge in [0.2, 0.25) is 5.43 Å². The highest BCUT2D eigenvalue weighted by atomic mass is 32.2. The number of fused-ring (bicyclic) bond motifs is 3. The predicted molar refractivity (Wildman–Crippen MR) is 143 cm³/mol. The molecule has 0 aliphatic carbocycles. The van der Waals surface area contributed by atoms with Gasteiger partial charge in [0.05, 0.1) is 10.9 Å². The van der Waals surface area contributed by atoms with E-state index >= 15 is 0 Å². The first-order valence-electron chi connectivity index (χ1n) is 11.5. The van der Waals surface area contributed by atoms with E-state index in [1.165, 1.54) is 11.6 Å². The van der Waals surface area contributed by atoms with Crippen molar-refractivity contribution in [3.63, 3.8) is 0 Å². The van der Waals surface area contributed by atoms with Gasteiger partial charge in [0.25, 0.3) is 5.91 Å². The van der Waals surface area contributed by atoms with Gasteiger partial charge in [0.15, 0.2) is 27.1 Å². The van der Waals surface area contributed by atoms with Gasteiger partial charge in [-0.15, -0.1) is 11.8 Å². The van der Waals surface area contributed by atoms with Crippen LogP contribution in [-0.4, -0.2) is 55.6 Å². The maximum Gasteiger partial charge on any atom is 0.277 e. The number of carbonyl (C=O) groups excluding carboxylic acids is 1. The lowest BCUT2D eigenvalue weighted by Crippen LogP contribution is -2.78. The SMILES string of the molecule is BC1(N2n3ccc(=O)c(O)c3C(=O)N(C(C)C)C2(B)B)c2ccccc2CSc2ccccc21. The van der Waals surface area contributed by atoms with E-state index in [0.29, 0.717) is 0 Å². The molecule has 1 amide bonds. The summed E-state index contributed by atoms with van der Waals surface area (Å²) in [5.74, 6) is -0.0574. The molecule has 1 N–H and O–H groups in total. The van der Waals surface area contributed by atoms with Crippen LogP contribution in [0.15, 0.2) is 70.5 Å². The smallest absolute Gasteiger partial charge is 0.277 e. The van der Waals surface area contributed by atoms with Gasteiger partial charge in [-0.1, -0.05) is 42.5 Å². The zero-order chi connectivity index (χ0) is 24.4. The van der Waals surface area contributed by atoms with Crippen molar-refractivity contribution in [3.05, 3.63) is 93.4 Å². The Bertz CT molecular complexity index is 1330. The Balaban J connectivity index is 1.93. The van der Waals surface area contributed by atoms with Gasteiger partial charge in [-0.3, -0.25) is 19.3 Å². The number of amides is 1. The second-order valence-corrected chi connectivity index (χ2v) is 10.8. The summed E-state index contributed by atoms with van der Waals surface area (Å²) < 4.78 is 1.70. The quantitative estimate of drug-likeness (QED) is 0.551. The molecular formula is C24H26B3N3O3S. The van der Waals surface area contributed by atoms with Crippen LogP contribution in [0.4, 0.5) is 0 Å². The van der Waals surface area contributed by atoms with Gasteiger partial charge >= 0.3 is 0 Å². The number of aromatic nitrogens is 1. The monoisotopic (exact) mass is 469 g/mol. The molecule has 2 aliphatic heterocycles. The molecule has 34 heavy (non-hydrogen) atoms. The summed E-state index contributed by atoms with van der Waals surface area (Å²) in [7, 11) is 6.22. The standard InChI is InChI=1S/C24H26B3N3O3S/c1-14(2)29-22(33)20-21(32)18(31)11-12-28(20)30(24(29,26)27)23(25)16-8-4-3-7-15(16)13-34-19-10-6-5-9-17(19)23/h3-12,14,32H,13,25-27H2,1-2H3. The molecule has 0 radical (unpaired) electrons. The third kappa shape index (κ3) is 3.01. The molecule has 170 valence electrons. The van der Waals surface area contributed by atoms with Crippen LogP contribution < -0.4 is 10.4 Å². The number of nitrogens with zero attached hydrogens (tertiary/aromatic N) is 3. The average Bonchev–Trinajstić information content (AvgIpc) is 2.91. The fraction of sp³-hybridized carbons (Fsp3) is 0.250. The number of carbonyl (C=O) groups is 1. The molecule has 3 heterocycles. The van der Waals surface area contributed by atoms with Crippen LogP contribution in [-0.2, 0) is 11.2 Å². The number of pyridine rings is 1. The van der Waals surface area contributed by atoms with Crippen molar-refractivity contribution >= 4 is 41.2 Å². The molecule has 3 aromatic rings. The molecule has 1 unspecified atom stereocenters. The average molecular weight is 469 g/mol. The van der Waals surface area contributed by atoms with E-state index in [-0.39, 0.29) is 17.6 Å². The highest BCUT2D eigenvalue weighted by Gasteiger charge is 2.54. The number of aromatic hydroxyl groups is 1. The van der Waals surface area contributed by atoms with E-state index in [1.54, 1.807) is 27.5 Å². The number of hydrogen-bond acceptors (Lipinski definition) is 5. The van der Waals surface area contributed by atoms with Gasteiger partial charge in [-0.25, -0.2) is 0 Å². The number of rotatable bonds is 2. The van der Waals surface area contributed by atoms with E-state index < -0.39 is 22.1 Å². The van der Waals surface area contributed by atoms with E-state index in [1.807, 2.05) is 47.7 Å². The van der Waals surface area contributed by atoms with Crippen LogP contribution in [0.25, 0.3) is 0 Å². The minimum atomic E-state index is -0.802. The minimum Gasteiger partial charge on any atom is -0.502 e. The Labute approximate surface area is 206 Å². The van der Waals surface area contributed by atoms with E-state index in [9.17, 15) is 14.7 Å². The first kappa shape index (κ1) is 22.8. The van der Waals surface area contributed by atoms with E-state index in [2.05, 4.69) is 43.2 Å². The first-order valence-corrected chi connectivity index (χ1v) is 12.5. The topological polar surface area (TPSA) is 65.8 Å². The Morgan fingerprint density at radius 2 is 1.62 bits per heavy atom. The van der Waals surface area contributed by atoms with Gasteiger partial charge in [0.1, 0.15) is 7.85 Å². The summed E-state index contributed by atoms with van der Waals surface area (Å²) in [5, 5.41) is 13.0. The summed E-state index contributed by atoms with van der Waals surface area (Å²) in [6.07, 6.45) is 1.61.